The monoisotopic (exact) mass is 380 g/mol. The van der Waals surface area contributed by atoms with Crippen molar-refractivity contribution in [3.05, 3.63) is 46.6 Å². The van der Waals surface area contributed by atoms with Crippen molar-refractivity contribution in [2.45, 2.75) is 33.7 Å². The second kappa shape index (κ2) is 6.91. The van der Waals surface area contributed by atoms with Gasteiger partial charge in [-0.2, -0.15) is 5.10 Å². The Labute approximate surface area is 161 Å². The number of aromatic nitrogens is 4. The third-order valence-corrected chi connectivity index (χ3v) is 4.81. The molecule has 0 radical (unpaired) electrons. The minimum Gasteiger partial charge on any atom is -0.361 e. The first-order valence-corrected chi connectivity index (χ1v) is 8.96. The predicted molar refractivity (Wildman–Crippen MR) is 101 cm³/mol. The van der Waals surface area contributed by atoms with Gasteiger partial charge in [0.05, 0.1) is 16.8 Å². The van der Waals surface area contributed by atoms with Crippen LogP contribution in [-0.2, 0) is 17.8 Å². The van der Waals surface area contributed by atoms with E-state index in [1.807, 2.05) is 13.8 Å². The molecule has 2 amide bonds. The average molecular weight is 380 g/mol. The molecule has 0 spiro atoms. The molecule has 0 saturated heterocycles. The van der Waals surface area contributed by atoms with Crippen molar-refractivity contribution in [1.29, 1.82) is 0 Å². The van der Waals surface area contributed by atoms with Gasteiger partial charge in [0.25, 0.3) is 5.91 Å². The molecule has 1 aliphatic rings. The first kappa shape index (κ1) is 17.9. The highest BCUT2D eigenvalue weighted by Gasteiger charge is 2.28. The maximum atomic E-state index is 12.9. The number of nitrogens with one attached hydrogen (secondary N) is 2. The van der Waals surface area contributed by atoms with Gasteiger partial charge in [-0.25, -0.2) is 4.98 Å². The summed E-state index contributed by atoms with van der Waals surface area (Å²) in [5.74, 6) is 0.800. The minimum absolute atomic E-state index is 0.113. The molecule has 0 aromatic carbocycles. The van der Waals surface area contributed by atoms with Gasteiger partial charge in [-0.05, 0) is 26.0 Å². The van der Waals surface area contributed by atoms with Crippen LogP contribution in [0.15, 0.2) is 22.9 Å². The van der Waals surface area contributed by atoms with Crippen LogP contribution in [-0.4, -0.2) is 43.6 Å². The average Bonchev–Trinajstić information content (AvgIpc) is 3.23. The van der Waals surface area contributed by atoms with Crippen LogP contribution in [0.5, 0.6) is 0 Å². The van der Waals surface area contributed by atoms with E-state index >= 15 is 0 Å². The summed E-state index contributed by atoms with van der Waals surface area (Å²) in [6, 6.07) is 3.29. The van der Waals surface area contributed by atoms with Gasteiger partial charge < -0.3 is 14.7 Å². The normalized spacial score (nSPS) is 13.3. The second-order valence-electron chi connectivity index (χ2n) is 6.82. The fourth-order valence-corrected chi connectivity index (χ4v) is 3.45. The molecule has 3 aromatic rings. The molecular weight excluding hydrogens is 360 g/mol. The molecular formula is C19H20N6O3. The largest absolute Gasteiger partial charge is 0.361 e. The summed E-state index contributed by atoms with van der Waals surface area (Å²) in [6.07, 6.45) is 2.17. The van der Waals surface area contributed by atoms with Crippen molar-refractivity contribution < 1.29 is 14.1 Å². The Hall–Kier alpha value is -3.49. The van der Waals surface area contributed by atoms with Crippen LogP contribution in [0.25, 0.3) is 11.3 Å². The van der Waals surface area contributed by atoms with Crippen LogP contribution >= 0.6 is 0 Å². The molecule has 0 atom stereocenters. The molecule has 9 heteroatoms. The van der Waals surface area contributed by atoms with Crippen LogP contribution in [0, 0.1) is 13.8 Å². The van der Waals surface area contributed by atoms with Crippen molar-refractivity contribution in [2.24, 2.45) is 0 Å². The molecule has 9 nitrogen and oxygen atoms in total. The number of amides is 2. The van der Waals surface area contributed by atoms with E-state index in [9.17, 15) is 9.59 Å². The summed E-state index contributed by atoms with van der Waals surface area (Å²) in [4.78, 5) is 29.9. The zero-order valence-corrected chi connectivity index (χ0v) is 15.9. The van der Waals surface area contributed by atoms with E-state index in [1.165, 1.54) is 13.1 Å². The molecule has 28 heavy (non-hydrogen) atoms. The number of fused-ring (bicyclic) bond motifs is 1. The quantitative estimate of drug-likeness (QED) is 0.720. The van der Waals surface area contributed by atoms with Crippen LogP contribution < -0.4 is 5.32 Å². The Bertz CT molecular complexity index is 1030. The SMILES string of the molecule is CC(=O)Nc1ccc(C(=O)N2CCc3[nH]nc(-c4c(C)noc4C)c3C2)cn1. The van der Waals surface area contributed by atoms with Gasteiger partial charge in [0.1, 0.15) is 17.3 Å². The number of hydrogen-bond donors (Lipinski definition) is 2. The van der Waals surface area contributed by atoms with E-state index in [0.29, 0.717) is 36.7 Å². The highest BCUT2D eigenvalue weighted by Crippen LogP contribution is 2.32. The number of aryl methyl sites for hydroxylation is 2. The summed E-state index contributed by atoms with van der Waals surface area (Å²) < 4.78 is 5.27. The van der Waals surface area contributed by atoms with Gasteiger partial charge in [-0.3, -0.25) is 14.7 Å². The van der Waals surface area contributed by atoms with E-state index in [-0.39, 0.29) is 11.8 Å². The van der Waals surface area contributed by atoms with Crippen molar-refractivity contribution in [1.82, 2.24) is 25.2 Å². The molecule has 4 rings (SSSR count). The minimum atomic E-state index is -0.207. The lowest BCUT2D eigenvalue weighted by Gasteiger charge is -2.27. The molecule has 144 valence electrons. The van der Waals surface area contributed by atoms with Crippen molar-refractivity contribution >= 4 is 17.6 Å². The lowest BCUT2D eigenvalue weighted by Crippen LogP contribution is -2.36. The maximum Gasteiger partial charge on any atom is 0.255 e. The predicted octanol–water partition coefficient (Wildman–Crippen LogP) is 2.23. The second-order valence-corrected chi connectivity index (χ2v) is 6.82. The smallest absolute Gasteiger partial charge is 0.255 e. The number of rotatable bonds is 3. The van der Waals surface area contributed by atoms with Gasteiger partial charge in [0, 0.05) is 43.9 Å². The van der Waals surface area contributed by atoms with E-state index in [4.69, 9.17) is 4.52 Å². The zero-order chi connectivity index (χ0) is 19.8. The molecule has 2 N–H and O–H groups in total. The van der Waals surface area contributed by atoms with Crippen molar-refractivity contribution in [3.63, 3.8) is 0 Å². The summed E-state index contributed by atoms with van der Waals surface area (Å²) in [5, 5.41) is 14.1. The third-order valence-electron chi connectivity index (χ3n) is 4.81. The molecule has 4 heterocycles. The first-order chi connectivity index (χ1) is 13.4. The van der Waals surface area contributed by atoms with Gasteiger partial charge in [0.15, 0.2) is 0 Å². The molecule has 1 aliphatic heterocycles. The summed E-state index contributed by atoms with van der Waals surface area (Å²) in [5.41, 5.74) is 4.90. The van der Waals surface area contributed by atoms with Gasteiger partial charge in [-0.15, -0.1) is 0 Å². The highest BCUT2D eigenvalue weighted by molar-refractivity contribution is 5.95. The fraction of sp³-hybridized carbons (Fsp3) is 0.316. The van der Waals surface area contributed by atoms with Crippen LogP contribution in [0.2, 0.25) is 0 Å². The molecule has 3 aromatic heterocycles. The van der Waals surface area contributed by atoms with Crippen molar-refractivity contribution in [2.75, 3.05) is 11.9 Å². The Morgan fingerprint density at radius 3 is 2.75 bits per heavy atom. The maximum absolute atomic E-state index is 12.9. The van der Waals surface area contributed by atoms with Crippen LogP contribution in [0.3, 0.4) is 0 Å². The molecule has 0 unspecified atom stereocenters. The molecule has 0 fully saturated rings. The number of aromatic amines is 1. The third kappa shape index (κ3) is 3.15. The van der Waals surface area contributed by atoms with E-state index in [2.05, 4.69) is 25.7 Å². The number of anilines is 1. The Kier molecular flexibility index (Phi) is 4.42. The number of nitrogens with zero attached hydrogens (tertiary/aromatic N) is 4. The Morgan fingerprint density at radius 1 is 1.29 bits per heavy atom. The topological polar surface area (TPSA) is 117 Å². The van der Waals surface area contributed by atoms with Gasteiger partial charge in [0.2, 0.25) is 5.91 Å². The van der Waals surface area contributed by atoms with Crippen molar-refractivity contribution in [3.8, 4) is 11.3 Å². The van der Waals surface area contributed by atoms with Crippen LogP contribution in [0.1, 0.15) is 40.0 Å². The zero-order valence-electron chi connectivity index (χ0n) is 15.9. The lowest BCUT2D eigenvalue weighted by molar-refractivity contribution is -0.114. The van der Waals surface area contributed by atoms with E-state index in [0.717, 1.165) is 28.2 Å². The molecule has 0 aliphatic carbocycles. The van der Waals surface area contributed by atoms with Gasteiger partial charge >= 0.3 is 0 Å². The fourth-order valence-electron chi connectivity index (χ4n) is 3.45. The summed E-state index contributed by atoms with van der Waals surface area (Å²) in [7, 11) is 0. The number of H-pyrrole nitrogens is 1. The summed E-state index contributed by atoms with van der Waals surface area (Å²) >= 11 is 0. The number of carbonyl (C=O) groups excluding carboxylic acids is 2. The highest BCUT2D eigenvalue weighted by atomic mass is 16.5. The molecule has 0 bridgehead atoms. The van der Waals surface area contributed by atoms with Gasteiger partial charge in [-0.1, -0.05) is 5.16 Å². The lowest BCUT2D eigenvalue weighted by atomic mass is 9.99. The Morgan fingerprint density at radius 2 is 2.11 bits per heavy atom. The number of carbonyl (C=O) groups is 2. The first-order valence-electron chi connectivity index (χ1n) is 8.96. The Balaban J connectivity index is 1.58. The summed E-state index contributed by atoms with van der Waals surface area (Å²) in [6.45, 7) is 6.17. The number of pyridine rings is 1. The standard InChI is InChI=1S/C19H20N6O3/c1-10-17(11(2)28-24-10)18-14-9-25(7-6-15(14)22-23-18)19(27)13-4-5-16(20-8-13)21-12(3)26/h4-5,8H,6-7,9H2,1-3H3,(H,22,23)(H,20,21,26). The van der Waals surface area contributed by atoms with E-state index in [1.54, 1.807) is 17.0 Å². The molecule has 0 saturated carbocycles. The van der Waals surface area contributed by atoms with E-state index < -0.39 is 0 Å². The van der Waals surface area contributed by atoms with Crippen LogP contribution in [0.4, 0.5) is 5.82 Å². The number of hydrogen-bond acceptors (Lipinski definition) is 6.